The number of aryl methyl sites for hydroxylation is 1. The fourth-order valence-electron chi connectivity index (χ4n) is 1.57. The summed E-state index contributed by atoms with van der Waals surface area (Å²) in [5, 5.41) is 0. The van der Waals surface area contributed by atoms with Gasteiger partial charge >= 0.3 is 0 Å². The molecule has 0 saturated carbocycles. The molecule has 1 aliphatic rings. The molecule has 0 aromatic carbocycles. The average Bonchev–Trinajstić information content (AvgIpc) is 2.42. The molecule has 1 aromatic heterocycles. The van der Waals surface area contributed by atoms with Crippen molar-refractivity contribution in [1.82, 2.24) is 9.29 Å². The van der Waals surface area contributed by atoms with Crippen LogP contribution in [0.3, 0.4) is 0 Å². The van der Waals surface area contributed by atoms with Crippen molar-refractivity contribution < 1.29 is 17.5 Å². The summed E-state index contributed by atoms with van der Waals surface area (Å²) in [4.78, 5) is -0.330. The van der Waals surface area contributed by atoms with Crippen molar-refractivity contribution in [2.75, 3.05) is 13.2 Å². The second-order valence-electron chi connectivity index (χ2n) is 4.29. The van der Waals surface area contributed by atoms with E-state index in [-0.39, 0.29) is 4.90 Å². The molecular formula is C9H13FN2O3S. The highest BCUT2D eigenvalue weighted by atomic mass is 32.2. The Morgan fingerprint density at radius 2 is 2.12 bits per heavy atom. The number of halogens is 1. The summed E-state index contributed by atoms with van der Waals surface area (Å²) in [5.74, 6) is -0.751. The van der Waals surface area contributed by atoms with Gasteiger partial charge in [-0.15, -0.1) is 0 Å². The first-order chi connectivity index (χ1) is 7.32. The number of aromatic nitrogens is 1. The zero-order valence-corrected chi connectivity index (χ0v) is 9.84. The fourth-order valence-corrected chi connectivity index (χ4v) is 3.06. The van der Waals surface area contributed by atoms with Gasteiger partial charge in [0.1, 0.15) is 4.90 Å². The smallest absolute Gasteiger partial charge is 0.245 e. The maximum Gasteiger partial charge on any atom is 0.245 e. The second-order valence-corrected chi connectivity index (χ2v) is 5.95. The third kappa shape index (κ3) is 1.98. The molecule has 1 saturated heterocycles. The van der Waals surface area contributed by atoms with Gasteiger partial charge in [0, 0.05) is 19.4 Å². The molecule has 5 nitrogen and oxygen atoms in total. The maximum absolute atomic E-state index is 13.3. The number of sulfonamides is 1. The van der Waals surface area contributed by atoms with E-state index in [0.29, 0.717) is 13.2 Å². The van der Waals surface area contributed by atoms with Crippen LogP contribution in [0.4, 0.5) is 4.39 Å². The zero-order chi connectivity index (χ0) is 12.0. The first-order valence-corrected chi connectivity index (χ1v) is 6.24. The summed E-state index contributed by atoms with van der Waals surface area (Å²) in [6.07, 6.45) is 2.36. The summed E-state index contributed by atoms with van der Waals surface area (Å²) in [6, 6.07) is 0. The van der Waals surface area contributed by atoms with Gasteiger partial charge in [0.05, 0.1) is 18.8 Å². The van der Waals surface area contributed by atoms with Crippen molar-refractivity contribution in [1.29, 1.82) is 0 Å². The van der Waals surface area contributed by atoms with E-state index in [1.807, 2.05) is 0 Å². The fraction of sp³-hybridized carbons (Fsp3) is 0.556. The molecule has 0 radical (unpaired) electrons. The van der Waals surface area contributed by atoms with Crippen molar-refractivity contribution in [3.8, 4) is 0 Å². The summed E-state index contributed by atoms with van der Waals surface area (Å²) < 4.78 is 45.8. The third-order valence-corrected chi connectivity index (χ3v) is 4.03. The van der Waals surface area contributed by atoms with Crippen LogP contribution in [-0.4, -0.2) is 31.7 Å². The Morgan fingerprint density at radius 1 is 1.50 bits per heavy atom. The molecule has 0 spiro atoms. The van der Waals surface area contributed by atoms with E-state index in [0.717, 1.165) is 6.20 Å². The van der Waals surface area contributed by atoms with Crippen LogP contribution in [0.5, 0.6) is 0 Å². The highest BCUT2D eigenvalue weighted by Crippen LogP contribution is 2.21. The Labute approximate surface area is 93.3 Å². The normalized spacial score (nSPS) is 19.4. The van der Waals surface area contributed by atoms with Crippen LogP contribution in [0, 0.1) is 5.82 Å². The Hall–Kier alpha value is -0.920. The van der Waals surface area contributed by atoms with Crippen LogP contribution in [0.25, 0.3) is 0 Å². The number of nitrogens with one attached hydrogen (secondary N) is 1. The topological polar surface area (TPSA) is 60.3 Å². The van der Waals surface area contributed by atoms with Gasteiger partial charge in [-0.3, -0.25) is 0 Å². The lowest BCUT2D eigenvalue weighted by Crippen LogP contribution is -2.59. The molecule has 0 amide bonds. The van der Waals surface area contributed by atoms with Crippen molar-refractivity contribution in [3.63, 3.8) is 0 Å². The average molecular weight is 248 g/mol. The van der Waals surface area contributed by atoms with Gasteiger partial charge in [-0.25, -0.2) is 17.5 Å². The minimum atomic E-state index is -3.81. The molecule has 2 heterocycles. The number of rotatable bonds is 3. The van der Waals surface area contributed by atoms with E-state index in [1.165, 1.54) is 10.8 Å². The van der Waals surface area contributed by atoms with Crippen LogP contribution < -0.4 is 4.72 Å². The zero-order valence-electron chi connectivity index (χ0n) is 9.03. The predicted octanol–water partition coefficient (Wildman–Crippen LogP) is 0.231. The van der Waals surface area contributed by atoms with Crippen LogP contribution >= 0.6 is 0 Å². The molecule has 1 aliphatic heterocycles. The molecule has 7 heteroatoms. The van der Waals surface area contributed by atoms with Gasteiger partial charge in [0.15, 0.2) is 5.82 Å². The SMILES string of the molecule is Cn1cc(F)c(S(=O)(=O)NC2(C)COC2)c1. The Bertz CT molecular complexity index is 505. The lowest BCUT2D eigenvalue weighted by molar-refractivity contribution is -0.0523. The van der Waals surface area contributed by atoms with E-state index in [9.17, 15) is 12.8 Å². The highest BCUT2D eigenvalue weighted by molar-refractivity contribution is 7.89. The van der Waals surface area contributed by atoms with Crippen LogP contribution in [0.1, 0.15) is 6.92 Å². The summed E-state index contributed by atoms with van der Waals surface area (Å²) in [5.41, 5.74) is -0.624. The molecule has 0 bridgehead atoms. The van der Waals surface area contributed by atoms with Crippen molar-refractivity contribution in [2.45, 2.75) is 17.4 Å². The highest BCUT2D eigenvalue weighted by Gasteiger charge is 2.38. The summed E-state index contributed by atoms with van der Waals surface area (Å²) >= 11 is 0. The molecule has 1 fully saturated rings. The minimum absolute atomic E-state index is 0.306. The van der Waals surface area contributed by atoms with E-state index < -0.39 is 21.4 Å². The van der Waals surface area contributed by atoms with Crippen molar-refractivity contribution in [2.24, 2.45) is 7.05 Å². The number of nitrogens with zero attached hydrogens (tertiary/aromatic N) is 1. The Morgan fingerprint density at radius 3 is 2.50 bits per heavy atom. The van der Waals surface area contributed by atoms with Crippen LogP contribution in [-0.2, 0) is 21.8 Å². The summed E-state index contributed by atoms with van der Waals surface area (Å²) in [7, 11) is -2.25. The Balaban J connectivity index is 2.28. The van der Waals surface area contributed by atoms with Crippen LogP contribution in [0.2, 0.25) is 0 Å². The molecule has 90 valence electrons. The van der Waals surface area contributed by atoms with Gasteiger partial charge in [-0.1, -0.05) is 0 Å². The van der Waals surface area contributed by atoms with Gasteiger partial charge < -0.3 is 9.30 Å². The number of ether oxygens (including phenoxy) is 1. The van der Waals surface area contributed by atoms with Gasteiger partial charge in [-0.2, -0.15) is 0 Å². The van der Waals surface area contributed by atoms with Crippen molar-refractivity contribution in [3.05, 3.63) is 18.2 Å². The van der Waals surface area contributed by atoms with E-state index in [1.54, 1.807) is 14.0 Å². The molecule has 0 aliphatic carbocycles. The quantitative estimate of drug-likeness (QED) is 0.833. The molecule has 0 atom stereocenters. The maximum atomic E-state index is 13.3. The largest absolute Gasteiger partial charge is 0.377 e. The first-order valence-electron chi connectivity index (χ1n) is 4.76. The van der Waals surface area contributed by atoms with Gasteiger partial charge in [-0.05, 0) is 6.92 Å². The molecule has 16 heavy (non-hydrogen) atoms. The molecular weight excluding hydrogens is 235 g/mol. The molecule has 1 N–H and O–H groups in total. The number of hydrogen-bond donors (Lipinski definition) is 1. The summed E-state index contributed by atoms with van der Waals surface area (Å²) in [6.45, 7) is 2.33. The molecule has 0 unspecified atom stereocenters. The van der Waals surface area contributed by atoms with Crippen molar-refractivity contribution >= 4 is 10.0 Å². The molecule has 1 aromatic rings. The molecule has 2 rings (SSSR count). The van der Waals surface area contributed by atoms with Crippen LogP contribution in [0.15, 0.2) is 17.3 Å². The predicted molar refractivity (Wildman–Crippen MR) is 54.9 cm³/mol. The first kappa shape index (κ1) is 11.6. The number of hydrogen-bond acceptors (Lipinski definition) is 3. The second kappa shape index (κ2) is 3.54. The van der Waals surface area contributed by atoms with E-state index in [4.69, 9.17) is 4.74 Å². The van der Waals surface area contributed by atoms with Gasteiger partial charge in [0.2, 0.25) is 10.0 Å². The lowest BCUT2D eigenvalue weighted by Gasteiger charge is -2.38. The monoisotopic (exact) mass is 248 g/mol. The standard InChI is InChI=1S/C9H13FN2O3S/c1-9(5-15-6-9)11-16(13,14)8-4-12(2)3-7(8)10/h3-4,11H,5-6H2,1-2H3. The lowest BCUT2D eigenvalue weighted by atomic mass is 10.0. The van der Waals surface area contributed by atoms with E-state index in [2.05, 4.69) is 4.72 Å². The minimum Gasteiger partial charge on any atom is -0.377 e. The Kier molecular flexibility index (Phi) is 2.56. The van der Waals surface area contributed by atoms with E-state index >= 15 is 0 Å². The van der Waals surface area contributed by atoms with Gasteiger partial charge in [0.25, 0.3) is 0 Å². The third-order valence-electron chi connectivity index (χ3n) is 2.38.